The Balaban J connectivity index is 4.26. The van der Waals surface area contributed by atoms with Crippen molar-refractivity contribution in [3.63, 3.8) is 0 Å². The first-order valence-corrected chi connectivity index (χ1v) is 8.65. The normalized spacial score (nSPS) is 15.9. The molecule has 0 fully saturated rings. The molecule has 0 bridgehead atoms. The van der Waals surface area contributed by atoms with E-state index >= 15 is 0 Å². The van der Waals surface area contributed by atoms with Crippen LogP contribution in [-0.2, 0) is 4.79 Å². The molecule has 4 heteroatoms. The minimum atomic E-state index is -0.700. The van der Waals surface area contributed by atoms with Crippen LogP contribution in [0.5, 0.6) is 0 Å². The molecular formula is C15H30INO2. The molecule has 0 aromatic rings. The summed E-state index contributed by atoms with van der Waals surface area (Å²) in [6.07, 6.45) is 6.04. The van der Waals surface area contributed by atoms with Gasteiger partial charge in [0, 0.05) is 13.1 Å². The molecule has 0 aliphatic carbocycles. The van der Waals surface area contributed by atoms with E-state index in [-0.39, 0.29) is 5.91 Å². The lowest BCUT2D eigenvalue weighted by molar-refractivity contribution is -0.135. The molecule has 19 heavy (non-hydrogen) atoms. The number of hydrogen-bond acceptors (Lipinski definition) is 2. The van der Waals surface area contributed by atoms with E-state index in [4.69, 9.17) is 0 Å². The second kappa shape index (κ2) is 9.97. The molecule has 0 aliphatic rings. The first kappa shape index (κ1) is 19.2. The molecule has 0 aliphatic heterocycles. The third-order valence-corrected chi connectivity index (χ3v) is 4.86. The largest absolute Gasteiger partial charge is 0.391 e. The smallest absolute Gasteiger partial charge is 0.241 e. The van der Waals surface area contributed by atoms with Gasteiger partial charge in [-0.05, 0) is 27.2 Å². The summed E-state index contributed by atoms with van der Waals surface area (Å²) in [5.74, 6) is 0.0548. The Labute approximate surface area is 132 Å². The number of rotatable bonds is 10. The van der Waals surface area contributed by atoms with Gasteiger partial charge in [0.2, 0.25) is 5.91 Å². The number of halogens is 1. The van der Waals surface area contributed by atoms with E-state index in [1.54, 1.807) is 4.90 Å². The number of carbonyl (C=O) groups is 1. The Morgan fingerprint density at radius 1 is 1.16 bits per heavy atom. The molecule has 3 nitrogen and oxygen atoms in total. The fraction of sp³-hybridized carbons (Fsp3) is 0.933. The van der Waals surface area contributed by atoms with Crippen LogP contribution in [0, 0.1) is 0 Å². The first-order valence-electron chi connectivity index (χ1n) is 7.58. The van der Waals surface area contributed by atoms with Crippen LogP contribution in [0.4, 0.5) is 0 Å². The van der Waals surface area contributed by atoms with Gasteiger partial charge in [-0.3, -0.25) is 4.79 Å². The van der Waals surface area contributed by atoms with Gasteiger partial charge in [0.05, 0.1) is 6.10 Å². The summed E-state index contributed by atoms with van der Waals surface area (Å²) in [7, 11) is 0. The minimum absolute atomic E-state index is 0.0548. The van der Waals surface area contributed by atoms with E-state index in [0.29, 0.717) is 13.1 Å². The number of carbonyl (C=O) groups excluding carboxylic acids is 1. The monoisotopic (exact) mass is 383 g/mol. The van der Waals surface area contributed by atoms with Gasteiger partial charge in [-0.15, -0.1) is 0 Å². The van der Waals surface area contributed by atoms with E-state index < -0.39 is 9.53 Å². The number of aliphatic hydroxyl groups is 1. The van der Waals surface area contributed by atoms with Crippen molar-refractivity contribution in [2.45, 2.75) is 75.7 Å². The van der Waals surface area contributed by atoms with Crippen molar-refractivity contribution in [2.24, 2.45) is 0 Å². The molecule has 0 aromatic heterocycles. The zero-order chi connectivity index (χ0) is 14.9. The molecule has 114 valence electrons. The van der Waals surface area contributed by atoms with E-state index in [2.05, 4.69) is 29.5 Å². The maximum atomic E-state index is 12.4. The first-order chi connectivity index (χ1) is 8.91. The van der Waals surface area contributed by atoms with Gasteiger partial charge >= 0.3 is 0 Å². The summed E-state index contributed by atoms with van der Waals surface area (Å²) >= 11 is 2.12. The maximum absolute atomic E-state index is 12.4. The van der Waals surface area contributed by atoms with Gasteiger partial charge in [-0.1, -0.05) is 61.6 Å². The molecular weight excluding hydrogens is 353 g/mol. The van der Waals surface area contributed by atoms with Crippen molar-refractivity contribution in [3.05, 3.63) is 0 Å². The van der Waals surface area contributed by atoms with Crippen molar-refractivity contribution >= 4 is 28.5 Å². The highest BCUT2D eigenvalue weighted by Crippen LogP contribution is 2.29. The van der Waals surface area contributed by atoms with Crippen LogP contribution in [0.25, 0.3) is 0 Å². The molecule has 1 amide bonds. The van der Waals surface area contributed by atoms with Crippen LogP contribution in [-0.4, -0.2) is 38.5 Å². The average Bonchev–Trinajstić information content (AvgIpc) is 2.39. The topological polar surface area (TPSA) is 40.5 Å². The molecule has 2 atom stereocenters. The zero-order valence-electron chi connectivity index (χ0n) is 12.9. The molecule has 0 spiro atoms. The van der Waals surface area contributed by atoms with Crippen molar-refractivity contribution < 1.29 is 9.90 Å². The van der Waals surface area contributed by atoms with E-state index in [1.807, 2.05) is 20.8 Å². The van der Waals surface area contributed by atoms with Gasteiger partial charge in [-0.25, -0.2) is 0 Å². The SMILES string of the molecule is CCCCCCC[C@H](O)[C@](C)(I)C(=O)N(CC)CC. The Hall–Kier alpha value is 0.160. The quantitative estimate of drug-likeness (QED) is 0.355. The van der Waals surface area contributed by atoms with Gasteiger partial charge in [-0.2, -0.15) is 0 Å². The lowest BCUT2D eigenvalue weighted by Gasteiger charge is -2.32. The van der Waals surface area contributed by atoms with Gasteiger partial charge in [0.25, 0.3) is 0 Å². The fourth-order valence-electron chi connectivity index (χ4n) is 2.17. The maximum Gasteiger partial charge on any atom is 0.241 e. The Morgan fingerprint density at radius 3 is 2.16 bits per heavy atom. The molecule has 0 unspecified atom stereocenters. The lowest BCUT2D eigenvalue weighted by Crippen LogP contribution is -2.49. The number of alkyl halides is 1. The van der Waals surface area contributed by atoms with Gasteiger partial charge < -0.3 is 10.0 Å². The predicted molar refractivity (Wildman–Crippen MR) is 89.7 cm³/mol. The van der Waals surface area contributed by atoms with Crippen LogP contribution in [0.15, 0.2) is 0 Å². The second-order valence-corrected chi connectivity index (χ2v) is 7.51. The van der Waals surface area contributed by atoms with Crippen molar-refractivity contribution in [3.8, 4) is 0 Å². The fourth-order valence-corrected chi connectivity index (χ4v) is 2.83. The van der Waals surface area contributed by atoms with Crippen LogP contribution < -0.4 is 0 Å². The predicted octanol–water partition coefficient (Wildman–Crippen LogP) is 3.77. The van der Waals surface area contributed by atoms with Crippen LogP contribution in [0.1, 0.15) is 66.2 Å². The Morgan fingerprint density at radius 2 is 1.68 bits per heavy atom. The molecule has 0 rings (SSSR count). The highest BCUT2D eigenvalue weighted by atomic mass is 127. The summed E-state index contributed by atoms with van der Waals surface area (Å²) in [4.78, 5) is 14.2. The van der Waals surface area contributed by atoms with Gasteiger partial charge in [0.1, 0.15) is 3.42 Å². The number of hydrogen-bond donors (Lipinski definition) is 1. The summed E-state index contributed by atoms with van der Waals surface area (Å²) in [5, 5.41) is 10.3. The second-order valence-electron chi connectivity index (χ2n) is 5.27. The number of unbranched alkanes of at least 4 members (excludes halogenated alkanes) is 4. The van der Waals surface area contributed by atoms with Gasteiger partial charge in [0.15, 0.2) is 0 Å². The minimum Gasteiger partial charge on any atom is -0.391 e. The van der Waals surface area contributed by atoms with Crippen LogP contribution >= 0.6 is 22.6 Å². The van der Waals surface area contributed by atoms with E-state index in [1.165, 1.54) is 19.3 Å². The molecule has 0 aromatic carbocycles. The Bertz CT molecular complexity index is 253. The summed E-state index contributed by atoms with van der Waals surface area (Å²) in [5.41, 5.74) is 0. The van der Waals surface area contributed by atoms with Crippen molar-refractivity contribution in [1.82, 2.24) is 4.90 Å². The zero-order valence-corrected chi connectivity index (χ0v) is 15.1. The highest BCUT2D eigenvalue weighted by Gasteiger charge is 2.39. The lowest BCUT2D eigenvalue weighted by atomic mass is 9.97. The summed E-state index contributed by atoms with van der Waals surface area (Å²) < 4.78 is -0.700. The molecule has 0 saturated carbocycles. The van der Waals surface area contributed by atoms with Crippen LogP contribution in [0.3, 0.4) is 0 Å². The van der Waals surface area contributed by atoms with Crippen molar-refractivity contribution in [2.75, 3.05) is 13.1 Å². The average molecular weight is 383 g/mol. The third kappa shape index (κ3) is 6.43. The number of aliphatic hydroxyl groups excluding tert-OH is 1. The summed E-state index contributed by atoms with van der Waals surface area (Å²) in [6.45, 7) is 9.41. The highest BCUT2D eigenvalue weighted by molar-refractivity contribution is 14.1. The van der Waals surface area contributed by atoms with Crippen LogP contribution in [0.2, 0.25) is 0 Å². The Kier molecular flexibility index (Phi) is 10.1. The third-order valence-electron chi connectivity index (χ3n) is 3.68. The number of nitrogens with zero attached hydrogens (tertiary/aromatic N) is 1. The molecule has 0 radical (unpaired) electrons. The number of amides is 1. The molecule has 0 heterocycles. The molecule has 1 N–H and O–H groups in total. The van der Waals surface area contributed by atoms with E-state index in [9.17, 15) is 9.90 Å². The standard InChI is InChI=1S/C15H30INO2/c1-5-8-9-10-11-12-13(18)15(4,16)14(19)17(6-2)7-3/h13,18H,5-12H2,1-4H3/t13-,15-/m0/s1. The van der Waals surface area contributed by atoms with E-state index in [0.717, 1.165) is 19.3 Å². The molecule has 0 saturated heterocycles. The van der Waals surface area contributed by atoms with Crippen molar-refractivity contribution in [1.29, 1.82) is 0 Å². The summed E-state index contributed by atoms with van der Waals surface area (Å²) in [6, 6.07) is 0.